The number of ether oxygens (including phenoxy) is 2. The Morgan fingerprint density at radius 2 is 1.86 bits per heavy atom. The molecule has 1 aliphatic rings. The van der Waals surface area contributed by atoms with Gasteiger partial charge in [-0.3, -0.25) is 9.78 Å². The molecule has 0 saturated heterocycles. The van der Waals surface area contributed by atoms with Crippen LogP contribution in [0.25, 0.3) is 17.2 Å². The molecular weight excluding hydrogens is 533 g/mol. The van der Waals surface area contributed by atoms with Gasteiger partial charge in [-0.15, -0.1) is 0 Å². The van der Waals surface area contributed by atoms with Crippen molar-refractivity contribution in [2.45, 2.75) is 26.3 Å². The van der Waals surface area contributed by atoms with E-state index in [0.717, 1.165) is 39.1 Å². The maximum atomic E-state index is 14.7. The first-order valence-corrected chi connectivity index (χ1v) is 13.8. The number of phenolic OH excluding ortho intramolecular Hbond substituents is 1. The zero-order valence-electron chi connectivity index (χ0n) is 24.1. The fraction of sp³-hybridized carbons (Fsp3) is 0.235. The Kier molecular flexibility index (Phi) is 8.43. The number of allylic oxidation sites excluding steroid dienone is 2. The number of aromatic hydroxyl groups is 1. The quantitative estimate of drug-likeness (QED) is 0.239. The van der Waals surface area contributed by atoms with Crippen LogP contribution in [0.2, 0.25) is 0 Å². The summed E-state index contributed by atoms with van der Waals surface area (Å²) in [6.07, 6.45) is 8.56. The molecule has 1 unspecified atom stereocenters. The first-order chi connectivity index (χ1) is 20.3. The summed E-state index contributed by atoms with van der Waals surface area (Å²) in [6, 6.07) is 15.9. The average molecular weight is 568 g/mol. The highest BCUT2D eigenvalue weighted by Crippen LogP contribution is 2.47. The Balaban J connectivity index is 1.59. The molecule has 0 radical (unpaired) electrons. The number of methoxy groups -OCH3 is 2. The van der Waals surface area contributed by atoms with Crippen LogP contribution < -0.4 is 14.8 Å². The first kappa shape index (κ1) is 28.7. The number of phenols is 1. The monoisotopic (exact) mass is 567 g/mol. The molecule has 2 N–H and O–H groups in total. The first-order valence-electron chi connectivity index (χ1n) is 13.8. The smallest absolute Gasteiger partial charge is 0.227 e. The van der Waals surface area contributed by atoms with Gasteiger partial charge in [0, 0.05) is 31.3 Å². The Bertz CT molecular complexity index is 1650. The third-order valence-corrected chi connectivity index (χ3v) is 7.79. The number of nitrogens with zero attached hydrogens (tertiary/aromatic N) is 2. The second-order valence-electron chi connectivity index (χ2n) is 10.3. The molecule has 216 valence electrons. The Morgan fingerprint density at radius 3 is 2.50 bits per heavy atom. The van der Waals surface area contributed by atoms with Gasteiger partial charge in [0.25, 0.3) is 0 Å². The van der Waals surface area contributed by atoms with Crippen molar-refractivity contribution >= 4 is 23.1 Å². The number of amides is 1. The molecule has 1 atom stereocenters. The molecule has 1 amide bonds. The van der Waals surface area contributed by atoms with E-state index < -0.39 is 5.92 Å². The molecule has 5 rings (SSSR count). The van der Waals surface area contributed by atoms with Gasteiger partial charge in [0.2, 0.25) is 11.7 Å². The van der Waals surface area contributed by atoms with E-state index in [1.807, 2.05) is 55.1 Å². The summed E-state index contributed by atoms with van der Waals surface area (Å²) in [5.74, 6) is -0.581. The van der Waals surface area contributed by atoms with Crippen LogP contribution in [0.15, 0.2) is 78.8 Å². The second-order valence-corrected chi connectivity index (χ2v) is 10.3. The van der Waals surface area contributed by atoms with E-state index in [1.54, 1.807) is 30.6 Å². The van der Waals surface area contributed by atoms with Gasteiger partial charge in [0.15, 0.2) is 11.5 Å². The average Bonchev–Trinajstić information content (AvgIpc) is 3.52. The lowest BCUT2D eigenvalue weighted by molar-refractivity contribution is -0.123. The number of nitrogens with one attached hydrogen (secondary N) is 1. The molecule has 42 heavy (non-hydrogen) atoms. The van der Waals surface area contributed by atoms with Gasteiger partial charge in [-0.05, 0) is 107 Å². The molecule has 2 heterocycles. The predicted molar refractivity (Wildman–Crippen MR) is 161 cm³/mol. The molecule has 7 nitrogen and oxygen atoms in total. The number of pyridine rings is 1. The minimum atomic E-state index is -0.541. The van der Waals surface area contributed by atoms with Gasteiger partial charge < -0.3 is 24.5 Å². The molecule has 0 bridgehead atoms. The predicted octanol–water partition coefficient (Wildman–Crippen LogP) is 6.18. The zero-order chi connectivity index (χ0) is 29.8. The number of aromatic nitrogens is 2. The Labute approximate surface area is 244 Å². The van der Waals surface area contributed by atoms with Crippen LogP contribution in [0.1, 0.15) is 41.3 Å². The van der Waals surface area contributed by atoms with Crippen molar-refractivity contribution in [2.24, 2.45) is 13.0 Å². The molecule has 2 aromatic heterocycles. The molecule has 2 aromatic carbocycles. The van der Waals surface area contributed by atoms with E-state index in [9.17, 15) is 14.3 Å². The highest BCUT2D eigenvalue weighted by molar-refractivity contribution is 6.09. The van der Waals surface area contributed by atoms with Crippen molar-refractivity contribution in [1.29, 1.82) is 0 Å². The van der Waals surface area contributed by atoms with E-state index in [0.29, 0.717) is 24.9 Å². The van der Waals surface area contributed by atoms with Crippen LogP contribution in [0.4, 0.5) is 4.39 Å². The largest absolute Gasteiger partial charge is 0.502 e. The molecular formula is C34H34FN3O4. The van der Waals surface area contributed by atoms with Crippen molar-refractivity contribution < 1.29 is 23.8 Å². The van der Waals surface area contributed by atoms with E-state index in [2.05, 4.69) is 10.3 Å². The highest BCUT2D eigenvalue weighted by Gasteiger charge is 2.33. The molecule has 0 saturated carbocycles. The number of hydrogen-bond acceptors (Lipinski definition) is 5. The van der Waals surface area contributed by atoms with Crippen molar-refractivity contribution in [3.8, 4) is 17.2 Å². The van der Waals surface area contributed by atoms with E-state index in [4.69, 9.17) is 9.47 Å². The van der Waals surface area contributed by atoms with Crippen LogP contribution in [0.3, 0.4) is 0 Å². The van der Waals surface area contributed by atoms with E-state index in [-0.39, 0.29) is 29.0 Å². The lowest BCUT2D eigenvalue weighted by Gasteiger charge is -2.21. The number of carbonyl (C=O) groups is 1. The van der Waals surface area contributed by atoms with Crippen molar-refractivity contribution in [2.75, 3.05) is 14.2 Å². The Morgan fingerprint density at radius 1 is 1.10 bits per heavy atom. The summed E-state index contributed by atoms with van der Waals surface area (Å²) in [6.45, 7) is 2.35. The van der Waals surface area contributed by atoms with E-state index in [1.165, 1.54) is 26.4 Å². The fourth-order valence-electron chi connectivity index (χ4n) is 5.57. The summed E-state index contributed by atoms with van der Waals surface area (Å²) in [4.78, 5) is 18.2. The highest BCUT2D eigenvalue weighted by atomic mass is 19.1. The van der Waals surface area contributed by atoms with Crippen LogP contribution >= 0.6 is 0 Å². The SMILES string of the molecule is COc1cc(/C=C2/C(C)=C(C(CCc3cccnc3)C(=O)NCc3cccn3C)c3cc(F)ccc32)cc(OC)c1O. The summed E-state index contributed by atoms with van der Waals surface area (Å²) in [5.41, 5.74) is 6.79. The van der Waals surface area contributed by atoms with Crippen LogP contribution in [0, 0.1) is 11.7 Å². The molecule has 4 aromatic rings. The number of benzene rings is 2. The summed E-state index contributed by atoms with van der Waals surface area (Å²) >= 11 is 0. The number of fused-ring (bicyclic) bond motifs is 1. The van der Waals surface area contributed by atoms with Gasteiger partial charge in [0.05, 0.1) is 26.7 Å². The van der Waals surface area contributed by atoms with Gasteiger partial charge in [-0.25, -0.2) is 4.39 Å². The summed E-state index contributed by atoms with van der Waals surface area (Å²) < 4.78 is 27.4. The fourth-order valence-corrected chi connectivity index (χ4v) is 5.57. The van der Waals surface area contributed by atoms with Gasteiger partial charge in [0.1, 0.15) is 5.82 Å². The zero-order valence-corrected chi connectivity index (χ0v) is 24.1. The molecule has 8 heteroatoms. The summed E-state index contributed by atoms with van der Waals surface area (Å²) in [5, 5.41) is 13.5. The number of aryl methyl sites for hydroxylation is 2. The minimum Gasteiger partial charge on any atom is -0.502 e. The number of hydrogen-bond donors (Lipinski definition) is 2. The molecule has 0 aliphatic heterocycles. The maximum absolute atomic E-state index is 14.7. The van der Waals surface area contributed by atoms with E-state index >= 15 is 0 Å². The molecule has 0 spiro atoms. The van der Waals surface area contributed by atoms with Crippen LogP contribution in [0.5, 0.6) is 17.2 Å². The topological polar surface area (TPSA) is 85.6 Å². The minimum absolute atomic E-state index is 0.0886. The Hall–Kier alpha value is -4.85. The number of carbonyl (C=O) groups excluding carboxylic acids is 1. The molecule has 1 aliphatic carbocycles. The number of halogens is 1. The maximum Gasteiger partial charge on any atom is 0.227 e. The normalized spacial score (nSPS) is 14.2. The van der Waals surface area contributed by atoms with Gasteiger partial charge >= 0.3 is 0 Å². The third-order valence-electron chi connectivity index (χ3n) is 7.79. The molecule has 0 fully saturated rings. The number of rotatable bonds is 10. The van der Waals surface area contributed by atoms with Crippen LogP contribution in [-0.4, -0.2) is 34.8 Å². The van der Waals surface area contributed by atoms with Crippen LogP contribution in [-0.2, 0) is 24.8 Å². The third kappa shape index (κ3) is 5.79. The van der Waals surface area contributed by atoms with Crippen molar-refractivity contribution in [3.63, 3.8) is 0 Å². The second kappa shape index (κ2) is 12.3. The summed E-state index contributed by atoms with van der Waals surface area (Å²) in [7, 11) is 4.89. The standard InChI is InChI=1S/C34H34FN3O4/c1-21-28(15-23-16-30(41-3)33(39)31(17-23)42-4)26-12-10-24(35)18-29(26)32(21)27(11-9-22-7-5-13-36-19-22)34(40)37-20-25-8-6-14-38(25)2/h5-8,10,12-19,27,39H,9,11,20H2,1-4H3,(H,37,40)/b28-15-. The van der Waals surface area contributed by atoms with Gasteiger partial charge in [-0.2, -0.15) is 0 Å². The van der Waals surface area contributed by atoms with Crippen molar-refractivity contribution in [3.05, 3.63) is 113 Å². The van der Waals surface area contributed by atoms with Gasteiger partial charge in [-0.1, -0.05) is 12.1 Å². The lowest BCUT2D eigenvalue weighted by Crippen LogP contribution is -2.32. The van der Waals surface area contributed by atoms with Crippen molar-refractivity contribution in [1.82, 2.24) is 14.9 Å². The lowest BCUT2D eigenvalue weighted by atomic mass is 9.86.